The van der Waals surface area contributed by atoms with Crippen molar-refractivity contribution in [3.05, 3.63) is 42.1 Å². The van der Waals surface area contributed by atoms with E-state index in [0.29, 0.717) is 23.7 Å². The van der Waals surface area contributed by atoms with E-state index in [1.54, 1.807) is 18.0 Å². The molecule has 3 aliphatic rings. The van der Waals surface area contributed by atoms with E-state index in [4.69, 9.17) is 4.52 Å². The summed E-state index contributed by atoms with van der Waals surface area (Å²) in [6.45, 7) is 6.48. The van der Waals surface area contributed by atoms with Crippen LogP contribution in [0.15, 0.2) is 40.7 Å². The smallest absolute Gasteiger partial charge is 0.241 e. The van der Waals surface area contributed by atoms with Gasteiger partial charge in [-0.2, -0.15) is 4.98 Å². The molecule has 2 unspecified atom stereocenters. The van der Waals surface area contributed by atoms with Crippen molar-refractivity contribution in [2.45, 2.75) is 33.2 Å². The molecule has 0 aromatic carbocycles. The summed E-state index contributed by atoms with van der Waals surface area (Å²) in [4.78, 5) is 10.8. The maximum Gasteiger partial charge on any atom is 0.241 e. The van der Waals surface area contributed by atoms with Crippen molar-refractivity contribution >= 4 is 0 Å². The summed E-state index contributed by atoms with van der Waals surface area (Å²) in [5.74, 6) is 2.91. The van der Waals surface area contributed by atoms with Crippen LogP contribution in [-0.2, 0) is 6.54 Å². The molecule has 126 valence electrons. The Balaban J connectivity index is 1.40. The van der Waals surface area contributed by atoms with Crippen LogP contribution in [0.4, 0.5) is 0 Å². The van der Waals surface area contributed by atoms with Crippen LogP contribution >= 0.6 is 0 Å². The highest BCUT2D eigenvalue weighted by molar-refractivity contribution is 5.52. The highest BCUT2D eigenvalue weighted by atomic mass is 16.5. The van der Waals surface area contributed by atoms with Crippen LogP contribution < -0.4 is 0 Å². The third-order valence-corrected chi connectivity index (χ3v) is 5.85. The molecule has 24 heavy (non-hydrogen) atoms. The zero-order chi connectivity index (χ0) is 16.7. The number of rotatable bonds is 5. The summed E-state index contributed by atoms with van der Waals surface area (Å²) in [5, 5.41) is 4.08. The molecule has 0 amide bonds. The van der Waals surface area contributed by atoms with E-state index in [9.17, 15) is 0 Å². The Kier molecular flexibility index (Phi) is 3.76. The molecule has 3 aliphatic carbocycles. The quantitative estimate of drug-likeness (QED) is 0.787. The van der Waals surface area contributed by atoms with E-state index in [-0.39, 0.29) is 0 Å². The minimum Gasteiger partial charge on any atom is -0.338 e. The lowest BCUT2D eigenvalue weighted by Gasteiger charge is -2.56. The Morgan fingerprint density at radius 1 is 1.25 bits per heavy atom. The predicted molar refractivity (Wildman–Crippen MR) is 91.9 cm³/mol. The summed E-state index contributed by atoms with van der Waals surface area (Å²) in [6, 6.07) is 3.78. The second kappa shape index (κ2) is 5.81. The number of likely N-dealkylation sites (N-methyl/N-ethyl adjacent to an activating group) is 1. The van der Waals surface area contributed by atoms with Gasteiger partial charge in [0.25, 0.3) is 0 Å². The monoisotopic (exact) mass is 324 g/mol. The SMILES string of the molecule is CN(CC1=CCC2CC1C2(C)C)Cc1nc(-c2ccncc2)no1. The van der Waals surface area contributed by atoms with Gasteiger partial charge in [0.15, 0.2) is 0 Å². The number of aromatic nitrogens is 3. The highest BCUT2D eigenvalue weighted by Crippen LogP contribution is 2.59. The Morgan fingerprint density at radius 2 is 2.04 bits per heavy atom. The third kappa shape index (κ3) is 2.67. The molecule has 5 rings (SSSR count). The van der Waals surface area contributed by atoms with Gasteiger partial charge in [-0.25, -0.2) is 0 Å². The lowest BCUT2D eigenvalue weighted by Crippen LogP contribution is -2.49. The largest absolute Gasteiger partial charge is 0.338 e. The number of pyridine rings is 1. The number of fused-ring (bicyclic) bond motifs is 1. The second-order valence-electron chi connectivity index (χ2n) is 7.74. The first kappa shape index (κ1) is 15.5. The van der Waals surface area contributed by atoms with Crippen LogP contribution in [-0.4, -0.2) is 33.6 Å². The molecule has 1 saturated carbocycles. The first-order valence-electron chi connectivity index (χ1n) is 8.64. The van der Waals surface area contributed by atoms with Gasteiger partial charge >= 0.3 is 0 Å². The molecule has 2 atom stereocenters. The minimum atomic E-state index is 0.476. The van der Waals surface area contributed by atoms with Crippen LogP contribution in [0.3, 0.4) is 0 Å². The number of hydrogen-bond donors (Lipinski definition) is 0. The van der Waals surface area contributed by atoms with Crippen molar-refractivity contribution in [2.24, 2.45) is 17.3 Å². The van der Waals surface area contributed by atoms with Crippen molar-refractivity contribution in [3.63, 3.8) is 0 Å². The van der Waals surface area contributed by atoms with Crippen LogP contribution in [0.2, 0.25) is 0 Å². The molecular formula is C19H24N4O. The molecule has 2 bridgehead atoms. The molecule has 0 spiro atoms. The van der Waals surface area contributed by atoms with Gasteiger partial charge in [0.1, 0.15) is 0 Å². The molecular weight excluding hydrogens is 300 g/mol. The van der Waals surface area contributed by atoms with E-state index < -0.39 is 0 Å². The molecule has 0 N–H and O–H groups in total. The molecule has 1 fully saturated rings. The lowest BCUT2D eigenvalue weighted by atomic mass is 9.49. The summed E-state index contributed by atoms with van der Waals surface area (Å²) >= 11 is 0. The van der Waals surface area contributed by atoms with Gasteiger partial charge in [0, 0.05) is 24.5 Å². The first-order chi connectivity index (χ1) is 11.5. The van der Waals surface area contributed by atoms with Crippen LogP contribution in [0, 0.1) is 17.3 Å². The van der Waals surface area contributed by atoms with Gasteiger partial charge in [0.05, 0.1) is 6.54 Å². The maximum atomic E-state index is 5.41. The normalized spacial score (nSPS) is 24.6. The van der Waals surface area contributed by atoms with E-state index in [1.807, 2.05) is 12.1 Å². The van der Waals surface area contributed by atoms with Gasteiger partial charge in [-0.3, -0.25) is 9.88 Å². The summed E-state index contributed by atoms with van der Waals surface area (Å²) < 4.78 is 5.41. The van der Waals surface area contributed by atoms with Gasteiger partial charge in [-0.15, -0.1) is 0 Å². The van der Waals surface area contributed by atoms with E-state index >= 15 is 0 Å². The fraction of sp³-hybridized carbons (Fsp3) is 0.526. The van der Waals surface area contributed by atoms with Crippen molar-refractivity contribution in [2.75, 3.05) is 13.6 Å². The molecule has 2 aromatic heterocycles. The van der Waals surface area contributed by atoms with Crippen molar-refractivity contribution in [3.8, 4) is 11.4 Å². The average molecular weight is 324 g/mol. The van der Waals surface area contributed by atoms with Crippen LogP contribution in [0.1, 0.15) is 32.6 Å². The van der Waals surface area contributed by atoms with Gasteiger partial charge in [0.2, 0.25) is 11.7 Å². The summed E-state index contributed by atoms with van der Waals surface area (Å²) in [6.07, 6.45) is 8.52. The molecule has 2 aromatic rings. The fourth-order valence-corrected chi connectivity index (χ4v) is 4.19. The predicted octanol–water partition coefficient (Wildman–Crippen LogP) is 3.56. The first-order valence-corrected chi connectivity index (χ1v) is 8.64. The average Bonchev–Trinajstić information content (AvgIpc) is 3.04. The van der Waals surface area contributed by atoms with E-state index in [1.165, 1.54) is 12.8 Å². The van der Waals surface area contributed by atoms with Gasteiger partial charge in [-0.05, 0) is 49.3 Å². The third-order valence-electron chi connectivity index (χ3n) is 5.85. The van der Waals surface area contributed by atoms with Crippen molar-refractivity contribution in [1.29, 1.82) is 0 Å². The number of hydrogen-bond acceptors (Lipinski definition) is 5. The highest BCUT2D eigenvalue weighted by Gasteiger charge is 2.50. The number of nitrogens with zero attached hydrogens (tertiary/aromatic N) is 4. The zero-order valence-corrected chi connectivity index (χ0v) is 14.6. The Hall–Kier alpha value is -2.01. The van der Waals surface area contributed by atoms with Gasteiger partial charge in [-0.1, -0.05) is 30.7 Å². The Morgan fingerprint density at radius 3 is 2.75 bits per heavy atom. The molecule has 2 heterocycles. The molecule has 0 saturated heterocycles. The number of allylic oxidation sites excluding steroid dienone is 1. The standard InChI is InChI=1S/C19H24N4O/c1-19(2)15-5-4-14(16(19)10-15)11-23(3)12-17-21-18(22-24-17)13-6-8-20-9-7-13/h4,6-9,15-16H,5,10-12H2,1-3H3. The molecule has 5 nitrogen and oxygen atoms in total. The van der Waals surface area contributed by atoms with Crippen LogP contribution in [0.5, 0.6) is 0 Å². The van der Waals surface area contributed by atoms with Crippen LogP contribution in [0.25, 0.3) is 11.4 Å². The molecule has 0 aliphatic heterocycles. The minimum absolute atomic E-state index is 0.476. The van der Waals surface area contributed by atoms with Crippen molar-refractivity contribution in [1.82, 2.24) is 20.0 Å². The lowest BCUT2D eigenvalue weighted by molar-refractivity contribution is -0.0103. The Labute approximate surface area is 142 Å². The molecule has 0 radical (unpaired) electrons. The van der Waals surface area contributed by atoms with Gasteiger partial charge < -0.3 is 4.52 Å². The zero-order valence-electron chi connectivity index (χ0n) is 14.6. The topological polar surface area (TPSA) is 55.1 Å². The Bertz CT molecular complexity index is 750. The maximum absolute atomic E-state index is 5.41. The summed E-state index contributed by atoms with van der Waals surface area (Å²) in [7, 11) is 2.12. The van der Waals surface area contributed by atoms with E-state index in [2.05, 4.69) is 47.0 Å². The second-order valence-corrected chi connectivity index (χ2v) is 7.74. The van der Waals surface area contributed by atoms with E-state index in [0.717, 1.165) is 23.9 Å². The fourth-order valence-electron chi connectivity index (χ4n) is 4.19. The van der Waals surface area contributed by atoms with Crippen molar-refractivity contribution < 1.29 is 4.52 Å². The molecule has 5 heteroatoms. The summed E-state index contributed by atoms with van der Waals surface area (Å²) in [5.41, 5.74) is 2.99.